The molecular formula is C25H25N7O2. The van der Waals surface area contributed by atoms with E-state index in [0.29, 0.717) is 38.5 Å². The molecule has 9 nitrogen and oxygen atoms in total. The van der Waals surface area contributed by atoms with Crippen LogP contribution in [0, 0.1) is 0 Å². The number of hydrogen-bond donors (Lipinski definition) is 0. The minimum atomic E-state index is -0.0536. The summed E-state index contributed by atoms with van der Waals surface area (Å²) >= 11 is 0. The Labute approximate surface area is 197 Å². The van der Waals surface area contributed by atoms with Gasteiger partial charge in [0.1, 0.15) is 23.8 Å². The Kier molecular flexibility index (Phi) is 5.38. The zero-order chi connectivity index (χ0) is 22.9. The van der Waals surface area contributed by atoms with E-state index in [9.17, 15) is 4.79 Å². The van der Waals surface area contributed by atoms with E-state index in [2.05, 4.69) is 14.5 Å². The number of imidazole rings is 1. The van der Waals surface area contributed by atoms with Crippen LogP contribution in [-0.2, 0) is 24.4 Å². The first-order valence-corrected chi connectivity index (χ1v) is 11.6. The van der Waals surface area contributed by atoms with Crippen LogP contribution in [0.2, 0.25) is 0 Å². The summed E-state index contributed by atoms with van der Waals surface area (Å²) < 4.78 is 9.59. The number of rotatable bonds is 5. The van der Waals surface area contributed by atoms with Crippen LogP contribution >= 0.6 is 0 Å². The summed E-state index contributed by atoms with van der Waals surface area (Å²) in [7, 11) is 0. The lowest BCUT2D eigenvalue weighted by Crippen LogP contribution is -2.38. The topological polar surface area (TPSA) is 91.0 Å². The zero-order valence-electron chi connectivity index (χ0n) is 18.7. The molecule has 172 valence electrons. The highest BCUT2D eigenvalue weighted by Crippen LogP contribution is 2.29. The predicted molar refractivity (Wildman–Crippen MR) is 125 cm³/mol. The second kappa shape index (κ2) is 8.83. The monoisotopic (exact) mass is 455 g/mol. The van der Waals surface area contributed by atoms with E-state index in [1.54, 1.807) is 12.4 Å². The number of carbonyl (C=O) groups excluding carboxylic acids is 1. The summed E-state index contributed by atoms with van der Waals surface area (Å²) in [5.41, 5.74) is 3.67. The predicted octanol–water partition coefficient (Wildman–Crippen LogP) is 3.04. The second-order valence-electron chi connectivity index (χ2n) is 8.58. The molecule has 0 unspecified atom stereocenters. The van der Waals surface area contributed by atoms with Crippen LogP contribution in [0.25, 0.3) is 22.8 Å². The summed E-state index contributed by atoms with van der Waals surface area (Å²) in [4.78, 5) is 29.4. The summed E-state index contributed by atoms with van der Waals surface area (Å²) in [5.74, 6) is 0.722. The molecule has 0 bridgehead atoms. The van der Waals surface area contributed by atoms with Crippen molar-refractivity contribution >= 4 is 5.91 Å². The SMILES string of the molecule is O=C(c1nc2n(c1-c1ccccn1)CCOC2)N1CCC[C@H]1Cn1ccc(-c2ccccn2)n1. The molecule has 0 aromatic carbocycles. The Balaban J connectivity index is 1.28. The van der Waals surface area contributed by atoms with Crippen molar-refractivity contribution in [1.29, 1.82) is 0 Å². The molecule has 34 heavy (non-hydrogen) atoms. The Morgan fingerprint density at radius 1 is 1.00 bits per heavy atom. The third-order valence-corrected chi connectivity index (χ3v) is 6.45. The van der Waals surface area contributed by atoms with Crippen molar-refractivity contribution in [2.75, 3.05) is 13.2 Å². The van der Waals surface area contributed by atoms with Gasteiger partial charge in [0, 0.05) is 31.7 Å². The molecule has 0 saturated carbocycles. The zero-order valence-corrected chi connectivity index (χ0v) is 18.7. The third-order valence-electron chi connectivity index (χ3n) is 6.45. The van der Waals surface area contributed by atoms with Gasteiger partial charge in [0.25, 0.3) is 5.91 Å². The Morgan fingerprint density at radius 3 is 2.62 bits per heavy atom. The molecule has 1 amide bonds. The Bertz CT molecular complexity index is 1300. The highest BCUT2D eigenvalue weighted by Gasteiger charge is 2.35. The van der Waals surface area contributed by atoms with Crippen LogP contribution in [-0.4, -0.2) is 59.3 Å². The molecule has 4 aromatic heterocycles. The standard InChI is InChI=1S/C25H25N7O2/c33-25(23-24(21-8-2-4-11-27-21)32-14-15-34-17-22(32)28-23)31-12-5-6-18(31)16-30-13-9-20(29-30)19-7-1-3-10-26-19/h1-4,7-11,13,18H,5-6,12,14-17H2/t18-/m0/s1. The van der Waals surface area contributed by atoms with Gasteiger partial charge in [-0.3, -0.25) is 19.4 Å². The minimum Gasteiger partial charge on any atom is -0.372 e. The maximum atomic E-state index is 13.8. The number of pyridine rings is 2. The molecule has 0 N–H and O–H groups in total. The van der Waals surface area contributed by atoms with Gasteiger partial charge in [-0.1, -0.05) is 12.1 Å². The molecule has 6 rings (SSSR count). The summed E-state index contributed by atoms with van der Waals surface area (Å²) in [6, 6.07) is 13.5. The Hall–Kier alpha value is -3.85. The normalized spacial score (nSPS) is 17.6. The second-order valence-corrected chi connectivity index (χ2v) is 8.58. The van der Waals surface area contributed by atoms with Gasteiger partial charge in [0.05, 0.1) is 30.6 Å². The van der Waals surface area contributed by atoms with Crippen LogP contribution in [0.1, 0.15) is 29.2 Å². The molecule has 1 fully saturated rings. The van der Waals surface area contributed by atoms with Crippen molar-refractivity contribution in [3.63, 3.8) is 0 Å². The first-order valence-electron chi connectivity index (χ1n) is 11.6. The van der Waals surface area contributed by atoms with Crippen LogP contribution in [0.4, 0.5) is 0 Å². The first-order chi connectivity index (χ1) is 16.8. The van der Waals surface area contributed by atoms with Crippen LogP contribution < -0.4 is 0 Å². The summed E-state index contributed by atoms with van der Waals surface area (Å²) in [6.45, 7) is 3.00. The van der Waals surface area contributed by atoms with Crippen LogP contribution in [0.15, 0.2) is 61.1 Å². The van der Waals surface area contributed by atoms with Crippen LogP contribution in [0.3, 0.4) is 0 Å². The van der Waals surface area contributed by atoms with E-state index in [4.69, 9.17) is 14.8 Å². The van der Waals surface area contributed by atoms with Gasteiger partial charge in [0.2, 0.25) is 0 Å². The molecular weight excluding hydrogens is 430 g/mol. The van der Waals surface area contributed by atoms with E-state index in [-0.39, 0.29) is 11.9 Å². The van der Waals surface area contributed by atoms with Crippen LogP contribution in [0.5, 0.6) is 0 Å². The van der Waals surface area contributed by atoms with Crippen molar-refractivity contribution < 1.29 is 9.53 Å². The number of carbonyl (C=O) groups is 1. The highest BCUT2D eigenvalue weighted by molar-refractivity contribution is 5.98. The molecule has 0 radical (unpaired) electrons. The smallest absolute Gasteiger partial charge is 0.275 e. The summed E-state index contributed by atoms with van der Waals surface area (Å²) in [5, 5.41) is 4.70. The number of aromatic nitrogens is 6. The molecule has 0 spiro atoms. The highest BCUT2D eigenvalue weighted by atomic mass is 16.5. The molecule has 2 aliphatic heterocycles. The molecule has 0 aliphatic carbocycles. The van der Waals surface area contributed by atoms with E-state index in [1.165, 1.54) is 0 Å². The lowest BCUT2D eigenvalue weighted by atomic mass is 10.1. The molecule has 6 heterocycles. The van der Waals surface area contributed by atoms with Crippen molar-refractivity contribution in [2.24, 2.45) is 0 Å². The van der Waals surface area contributed by atoms with Crippen molar-refractivity contribution in [3.8, 4) is 22.8 Å². The maximum absolute atomic E-state index is 13.8. The van der Waals surface area contributed by atoms with Crippen molar-refractivity contribution in [3.05, 3.63) is 72.6 Å². The van der Waals surface area contributed by atoms with Gasteiger partial charge >= 0.3 is 0 Å². The Morgan fingerprint density at radius 2 is 1.82 bits per heavy atom. The fourth-order valence-electron chi connectivity index (χ4n) is 4.84. The molecule has 2 aliphatic rings. The maximum Gasteiger partial charge on any atom is 0.275 e. The summed E-state index contributed by atoms with van der Waals surface area (Å²) in [6.07, 6.45) is 7.36. The molecule has 9 heteroatoms. The van der Waals surface area contributed by atoms with E-state index < -0.39 is 0 Å². The number of amides is 1. The number of nitrogens with zero attached hydrogens (tertiary/aromatic N) is 7. The van der Waals surface area contributed by atoms with Gasteiger partial charge in [-0.2, -0.15) is 5.10 Å². The van der Waals surface area contributed by atoms with Crippen molar-refractivity contribution in [2.45, 2.75) is 38.6 Å². The van der Waals surface area contributed by atoms with Gasteiger partial charge in [-0.25, -0.2) is 4.98 Å². The fourth-order valence-corrected chi connectivity index (χ4v) is 4.84. The average Bonchev–Trinajstić information content (AvgIpc) is 3.63. The van der Waals surface area contributed by atoms with E-state index in [1.807, 2.05) is 58.2 Å². The van der Waals surface area contributed by atoms with Gasteiger partial charge in [-0.15, -0.1) is 0 Å². The lowest BCUT2D eigenvalue weighted by molar-refractivity contribution is 0.0716. The number of fused-ring (bicyclic) bond motifs is 1. The van der Waals surface area contributed by atoms with Gasteiger partial charge in [-0.05, 0) is 43.2 Å². The minimum absolute atomic E-state index is 0.0514. The number of hydrogen-bond acceptors (Lipinski definition) is 6. The molecule has 1 saturated heterocycles. The molecule has 4 aromatic rings. The van der Waals surface area contributed by atoms with Crippen molar-refractivity contribution in [1.82, 2.24) is 34.2 Å². The van der Waals surface area contributed by atoms with E-state index >= 15 is 0 Å². The lowest BCUT2D eigenvalue weighted by Gasteiger charge is -2.24. The molecule has 1 atom stereocenters. The van der Waals surface area contributed by atoms with Gasteiger partial charge in [0.15, 0.2) is 5.69 Å². The van der Waals surface area contributed by atoms with E-state index in [0.717, 1.165) is 41.4 Å². The average molecular weight is 456 g/mol. The first kappa shape index (κ1) is 20.7. The quantitative estimate of drug-likeness (QED) is 0.459. The largest absolute Gasteiger partial charge is 0.372 e. The van der Waals surface area contributed by atoms with Gasteiger partial charge < -0.3 is 14.2 Å². The third kappa shape index (κ3) is 3.77. The number of ether oxygens (including phenoxy) is 1. The fraction of sp³-hybridized carbons (Fsp3) is 0.320. The number of likely N-dealkylation sites (tertiary alicyclic amines) is 1.